The number of benzene rings is 1. The van der Waals surface area contributed by atoms with Gasteiger partial charge in [-0.15, -0.1) is 0 Å². The molecule has 0 saturated heterocycles. The third-order valence-corrected chi connectivity index (χ3v) is 2.94. The zero-order valence-electron chi connectivity index (χ0n) is 11.5. The van der Waals surface area contributed by atoms with Crippen LogP contribution >= 0.6 is 0 Å². The fourth-order valence-corrected chi connectivity index (χ4v) is 1.89. The molecule has 0 radical (unpaired) electrons. The van der Waals surface area contributed by atoms with Crippen LogP contribution in [-0.2, 0) is 4.79 Å². The average Bonchev–Trinajstić information content (AvgIpc) is 2.25. The first-order valence-electron chi connectivity index (χ1n) is 6.12. The van der Waals surface area contributed by atoms with Crippen LogP contribution in [0.3, 0.4) is 0 Å². The number of aryl methyl sites for hydroxylation is 1. The second-order valence-electron chi connectivity index (χ2n) is 5.30. The number of anilines is 1. The molecule has 1 amide bonds. The summed E-state index contributed by atoms with van der Waals surface area (Å²) in [5, 5.41) is 12.0. The molecule has 1 aromatic rings. The number of carboxylic acid groups (broad SMARTS) is 1. The van der Waals surface area contributed by atoms with Gasteiger partial charge in [-0.2, -0.15) is 0 Å². The topological polar surface area (TPSA) is 92.4 Å². The Labute approximate surface area is 112 Å². The first-order valence-corrected chi connectivity index (χ1v) is 6.12. The maximum Gasteiger partial charge on any atom is 0.303 e. The molecule has 5 nitrogen and oxygen atoms in total. The molecule has 4 N–H and O–H groups in total. The second kappa shape index (κ2) is 5.73. The van der Waals surface area contributed by atoms with Crippen LogP contribution in [0.25, 0.3) is 0 Å². The molecule has 0 saturated carbocycles. The minimum absolute atomic E-state index is 0.109. The highest BCUT2D eigenvalue weighted by atomic mass is 16.4. The summed E-state index contributed by atoms with van der Waals surface area (Å²) in [6.07, 6.45) is 0.622. The Morgan fingerprint density at radius 2 is 2.00 bits per heavy atom. The molecule has 0 aliphatic heterocycles. The largest absolute Gasteiger partial charge is 0.481 e. The molecule has 0 heterocycles. The van der Waals surface area contributed by atoms with E-state index in [4.69, 9.17) is 10.8 Å². The maximum atomic E-state index is 11.1. The van der Waals surface area contributed by atoms with Crippen molar-refractivity contribution < 1.29 is 14.7 Å². The molecule has 1 rings (SSSR count). The molecule has 0 aliphatic rings. The highest BCUT2D eigenvalue weighted by Gasteiger charge is 2.19. The van der Waals surface area contributed by atoms with Gasteiger partial charge >= 0.3 is 5.97 Å². The van der Waals surface area contributed by atoms with Gasteiger partial charge in [0.2, 0.25) is 5.91 Å². The van der Waals surface area contributed by atoms with Crippen LogP contribution in [0.2, 0.25) is 0 Å². The fraction of sp³-hybridized carbons (Fsp3) is 0.429. The number of nitrogens with two attached hydrogens (primary N) is 1. The van der Waals surface area contributed by atoms with Gasteiger partial charge in [0.15, 0.2) is 0 Å². The van der Waals surface area contributed by atoms with E-state index in [1.807, 2.05) is 26.8 Å². The summed E-state index contributed by atoms with van der Waals surface area (Å²) in [6, 6.07) is 5.28. The summed E-state index contributed by atoms with van der Waals surface area (Å²) < 4.78 is 0. The number of aliphatic carboxylic acids is 1. The highest BCUT2D eigenvalue weighted by molar-refractivity contribution is 5.94. The van der Waals surface area contributed by atoms with Crippen LogP contribution in [0.5, 0.6) is 0 Å². The Balaban J connectivity index is 2.79. The van der Waals surface area contributed by atoms with E-state index in [1.54, 1.807) is 12.1 Å². The van der Waals surface area contributed by atoms with Crippen LogP contribution in [-0.4, -0.2) is 22.5 Å². The van der Waals surface area contributed by atoms with Gasteiger partial charge in [0, 0.05) is 23.2 Å². The summed E-state index contributed by atoms with van der Waals surface area (Å²) in [5.41, 5.74) is 7.05. The van der Waals surface area contributed by atoms with E-state index in [0.717, 1.165) is 11.3 Å². The Morgan fingerprint density at radius 3 is 2.47 bits per heavy atom. The Bertz CT molecular complexity index is 495. The van der Waals surface area contributed by atoms with Gasteiger partial charge in [0.25, 0.3) is 0 Å². The van der Waals surface area contributed by atoms with Gasteiger partial charge in [-0.3, -0.25) is 9.59 Å². The lowest BCUT2D eigenvalue weighted by Crippen LogP contribution is -2.31. The molecule has 104 valence electrons. The van der Waals surface area contributed by atoms with Crippen molar-refractivity contribution in [3.8, 4) is 0 Å². The lowest BCUT2D eigenvalue weighted by Gasteiger charge is -2.27. The Kier molecular flexibility index (Phi) is 4.53. The number of rotatable bonds is 6. The predicted molar refractivity (Wildman–Crippen MR) is 74.3 cm³/mol. The van der Waals surface area contributed by atoms with Crippen LogP contribution < -0.4 is 11.1 Å². The molecule has 1 aromatic carbocycles. The van der Waals surface area contributed by atoms with E-state index in [9.17, 15) is 9.59 Å². The zero-order valence-corrected chi connectivity index (χ0v) is 11.5. The van der Waals surface area contributed by atoms with E-state index in [-0.39, 0.29) is 12.0 Å². The lowest BCUT2D eigenvalue weighted by molar-refractivity contribution is -0.137. The smallest absolute Gasteiger partial charge is 0.303 e. The number of carbonyl (C=O) groups is 2. The summed E-state index contributed by atoms with van der Waals surface area (Å²) in [7, 11) is 0. The van der Waals surface area contributed by atoms with Gasteiger partial charge < -0.3 is 16.2 Å². The molecule has 0 aromatic heterocycles. The lowest BCUT2D eigenvalue weighted by atomic mass is 9.97. The van der Waals surface area contributed by atoms with Crippen LogP contribution in [0.15, 0.2) is 18.2 Å². The Morgan fingerprint density at radius 1 is 1.37 bits per heavy atom. The van der Waals surface area contributed by atoms with Crippen molar-refractivity contribution in [3.05, 3.63) is 29.3 Å². The minimum atomic E-state index is -0.810. The number of amides is 1. The van der Waals surface area contributed by atoms with Crippen molar-refractivity contribution in [3.63, 3.8) is 0 Å². The van der Waals surface area contributed by atoms with E-state index in [1.165, 1.54) is 0 Å². The molecule has 0 fully saturated rings. The molecule has 0 aliphatic carbocycles. The number of nitrogens with one attached hydrogen (secondary N) is 1. The standard InChI is InChI=1S/C14H20N2O3/c1-9-8-10(4-5-11(9)13(15)19)16-14(2,3)7-6-12(17)18/h4-5,8,16H,6-7H2,1-3H3,(H2,15,19)(H,17,18). The summed E-state index contributed by atoms with van der Waals surface area (Å²) in [4.78, 5) is 21.7. The molecule has 0 unspecified atom stereocenters. The van der Waals surface area contributed by atoms with Crippen LogP contribution in [0.1, 0.15) is 42.6 Å². The number of hydrogen-bond acceptors (Lipinski definition) is 3. The monoisotopic (exact) mass is 264 g/mol. The minimum Gasteiger partial charge on any atom is -0.481 e. The van der Waals surface area contributed by atoms with Gasteiger partial charge in [0.1, 0.15) is 0 Å². The van der Waals surface area contributed by atoms with Crippen molar-refractivity contribution in [2.45, 2.75) is 39.2 Å². The van der Waals surface area contributed by atoms with Gasteiger partial charge in [-0.25, -0.2) is 0 Å². The fourth-order valence-electron chi connectivity index (χ4n) is 1.89. The quantitative estimate of drug-likeness (QED) is 0.734. The number of primary amides is 1. The normalized spacial score (nSPS) is 11.1. The molecule has 0 spiro atoms. The molecule has 0 atom stereocenters. The predicted octanol–water partition coefficient (Wildman–Crippen LogP) is 2.15. The van der Waals surface area contributed by atoms with Crippen molar-refractivity contribution in [2.75, 3.05) is 5.32 Å². The number of carbonyl (C=O) groups excluding carboxylic acids is 1. The molecule has 19 heavy (non-hydrogen) atoms. The Hall–Kier alpha value is -2.04. The SMILES string of the molecule is Cc1cc(NC(C)(C)CCC(=O)O)ccc1C(N)=O. The number of carboxylic acids is 1. The van der Waals surface area contributed by atoms with Crippen molar-refractivity contribution in [1.29, 1.82) is 0 Å². The van der Waals surface area contributed by atoms with E-state index < -0.39 is 11.9 Å². The van der Waals surface area contributed by atoms with Crippen molar-refractivity contribution >= 4 is 17.6 Å². The average molecular weight is 264 g/mol. The van der Waals surface area contributed by atoms with Crippen LogP contribution in [0, 0.1) is 6.92 Å². The first kappa shape index (κ1) is 15.0. The third-order valence-electron chi connectivity index (χ3n) is 2.94. The van der Waals surface area contributed by atoms with E-state index >= 15 is 0 Å². The molecular weight excluding hydrogens is 244 g/mol. The molecule has 5 heteroatoms. The maximum absolute atomic E-state index is 11.1. The summed E-state index contributed by atoms with van der Waals surface area (Å²) in [6.45, 7) is 5.69. The first-order chi connectivity index (χ1) is 8.71. The number of hydrogen-bond donors (Lipinski definition) is 3. The van der Waals surface area contributed by atoms with Gasteiger partial charge in [0.05, 0.1) is 0 Å². The summed E-state index contributed by atoms with van der Waals surface area (Å²) in [5.74, 6) is -1.26. The van der Waals surface area contributed by atoms with Gasteiger partial charge in [-0.05, 0) is 51.0 Å². The molecular formula is C14H20N2O3. The van der Waals surface area contributed by atoms with Gasteiger partial charge in [-0.1, -0.05) is 0 Å². The van der Waals surface area contributed by atoms with Crippen LogP contribution in [0.4, 0.5) is 5.69 Å². The van der Waals surface area contributed by atoms with Crippen molar-refractivity contribution in [1.82, 2.24) is 0 Å². The summed E-state index contributed by atoms with van der Waals surface area (Å²) >= 11 is 0. The highest BCUT2D eigenvalue weighted by Crippen LogP contribution is 2.22. The second-order valence-corrected chi connectivity index (χ2v) is 5.30. The van der Waals surface area contributed by atoms with E-state index in [2.05, 4.69) is 5.32 Å². The third kappa shape index (κ3) is 4.62. The van der Waals surface area contributed by atoms with E-state index in [0.29, 0.717) is 12.0 Å². The van der Waals surface area contributed by atoms with Crippen molar-refractivity contribution in [2.24, 2.45) is 5.73 Å². The zero-order chi connectivity index (χ0) is 14.6. The molecule has 0 bridgehead atoms.